The maximum absolute atomic E-state index is 11.7. The first-order chi connectivity index (χ1) is 9.54. The molecule has 0 aromatic carbocycles. The Morgan fingerprint density at radius 1 is 1.20 bits per heavy atom. The van der Waals surface area contributed by atoms with Gasteiger partial charge >= 0.3 is 0 Å². The highest BCUT2D eigenvalue weighted by Gasteiger charge is 2.26. The van der Waals surface area contributed by atoms with Crippen molar-refractivity contribution in [2.24, 2.45) is 0 Å². The minimum absolute atomic E-state index is 0.432. The van der Waals surface area contributed by atoms with E-state index in [4.69, 9.17) is 0 Å². The molecule has 1 saturated carbocycles. The number of aldehydes is 1. The highest BCUT2D eigenvalue weighted by atomic mass is 32.1. The summed E-state index contributed by atoms with van der Waals surface area (Å²) in [5.41, 5.74) is 3.68. The normalized spacial score (nSPS) is 16.4. The zero-order valence-electron chi connectivity index (χ0n) is 13.2. The Hall–Kier alpha value is -0.890. The van der Waals surface area contributed by atoms with Crippen molar-refractivity contribution in [3.05, 3.63) is 26.5 Å². The molecule has 1 nitrogen and oxygen atoms in total. The van der Waals surface area contributed by atoms with Crippen molar-refractivity contribution in [3.63, 3.8) is 0 Å². The second-order valence-electron chi connectivity index (χ2n) is 6.49. The molecule has 0 aliphatic heterocycles. The van der Waals surface area contributed by atoms with E-state index >= 15 is 0 Å². The molecule has 0 spiro atoms. The Bertz CT molecular complexity index is 498. The molecule has 1 fully saturated rings. The molecule has 20 heavy (non-hydrogen) atoms. The predicted molar refractivity (Wildman–Crippen MR) is 88.9 cm³/mol. The number of hydrogen-bond acceptors (Lipinski definition) is 2. The average molecular weight is 290 g/mol. The summed E-state index contributed by atoms with van der Waals surface area (Å²) in [5.74, 6) is 1.03. The van der Waals surface area contributed by atoms with Crippen molar-refractivity contribution in [2.45, 2.75) is 71.6 Å². The van der Waals surface area contributed by atoms with Gasteiger partial charge in [-0.15, -0.1) is 11.3 Å². The van der Waals surface area contributed by atoms with Gasteiger partial charge in [-0.2, -0.15) is 0 Å². The maximum Gasteiger partial charge on any atom is 0.151 e. The molecule has 1 aromatic rings. The molecular weight excluding hydrogens is 264 g/mol. The molecule has 2 heteroatoms. The van der Waals surface area contributed by atoms with Gasteiger partial charge in [0.2, 0.25) is 0 Å². The molecule has 0 atom stereocenters. The van der Waals surface area contributed by atoms with Gasteiger partial charge < -0.3 is 0 Å². The number of carbonyl (C=O) groups is 1. The lowest BCUT2D eigenvalue weighted by Crippen LogP contribution is -2.07. The van der Waals surface area contributed by atoms with Gasteiger partial charge in [0.1, 0.15) is 0 Å². The summed E-state index contributed by atoms with van der Waals surface area (Å²) in [6.45, 7) is 8.66. The molecule has 1 aliphatic rings. The lowest BCUT2D eigenvalue weighted by atomic mass is 9.81. The molecule has 1 aliphatic carbocycles. The highest BCUT2D eigenvalue weighted by Crippen LogP contribution is 2.43. The fraction of sp³-hybridized carbons (Fsp3) is 0.611. The summed E-state index contributed by atoms with van der Waals surface area (Å²) >= 11 is 1.83. The zero-order chi connectivity index (χ0) is 14.7. The maximum atomic E-state index is 11.7. The smallest absolute Gasteiger partial charge is 0.151 e. The third-order valence-corrected chi connectivity index (χ3v) is 5.59. The van der Waals surface area contributed by atoms with E-state index in [1.54, 1.807) is 0 Å². The second kappa shape index (κ2) is 6.71. The van der Waals surface area contributed by atoms with Crippen molar-refractivity contribution in [1.82, 2.24) is 0 Å². The molecule has 2 rings (SSSR count). The SMILES string of the molecule is CC(C)=Cc1sc(C(C)C)c(C=O)c1C1CCCCC1. The van der Waals surface area contributed by atoms with Crippen LogP contribution in [-0.2, 0) is 0 Å². The van der Waals surface area contributed by atoms with Gasteiger partial charge in [-0.25, -0.2) is 0 Å². The summed E-state index contributed by atoms with van der Waals surface area (Å²) < 4.78 is 0. The summed E-state index contributed by atoms with van der Waals surface area (Å²) in [6, 6.07) is 0. The summed E-state index contributed by atoms with van der Waals surface area (Å²) in [5, 5.41) is 0. The van der Waals surface area contributed by atoms with Crippen LogP contribution in [0.5, 0.6) is 0 Å². The summed E-state index contributed by atoms with van der Waals surface area (Å²) in [7, 11) is 0. The lowest BCUT2D eigenvalue weighted by molar-refractivity contribution is 0.112. The minimum Gasteiger partial charge on any atom is -0.298 e. The van der Waals surface area contributed by atoms with Gasteiger partial charge in [-0.3, -0.25) is 4.79 Å². The van der Waals surface area contributed by atoms with E-state index in [9.17, 15) is 4.79 Å². The minimum atomic E-state index is 0.432. The van der Waals surface area contributed by atoms with Gasteiger partial charge in [0, 0.05) is 15.3 Å². The van der Waals surface area contributed by atoms with Gasteiger partial charge in [0.05, 0.1) is 0 Å². The molecule has 1 aromatic heterocycles. The third kappa shape index (κ3) is 3.22. The van der Waals surface area contributed by atoms with Crippen LogP contribution >= 0.6 is 11.3 Å². The molecule has 0 bridgehead atoms. The van der Waals surface area contributed by atoms with Crippen LogP contribution in [0, 0.1) is 0 Å². The quantitative estimate of drug-likeness (QED) is 0.607. The Kier molecular flexibility index (Phi) is 5.20. The molecule has 1 heterocycles. The van der Waals surface area contributed by atoms with Crippen LogP contribution in [0.3, 0.4) is 0 Å². The standard InChI is InChI=1S/C18H26OS/c1-12(2)10-16-17(14-8-6-5-7-9-14)15(11-19)18(20-16)13(3)4/h10-11,13-14H,5-9H2,1-4H3. The fourth-order valence-corrected chi connectivity index (χ4v) is 4.65. The van der Waals surface area contributed by atoms with Gasteiger partial charge in [0.15, 0.2) is 6.29 Å². The van der Waals surface area contributed by atoms with Gasteiger partial charge in [-0.1, -0.05) is 38.7 Å². The van der Waals surface area contributed by atoms with E-state index in [0.717, 1.165) is 11.8 Å². The van der Waals surface area contributed by atoms with E-state index < -0.39 is 0 Å². The van der Waals surface area contributed by atoms with Crippen molar-refractivity contribution in [3.8, 4) is 0 Å². The lowest BCUT2D eigenvalue weighted by Gasteiger charge is -2.23. The van der Waals surface area contributed by atoms with E-state index in [-0.39, 0.29) is 0 Å². The zero-order valence-corrected chi connectivity index (χ0v) is 14.0. The monoisotopic (exact) mass is 290 g/mol. The van der Waals surface area contributed by atoms with Crippen molar-refractivity contribution < 1.29 is 4.79 Å². The van der Waals surface area contributed by atoms with Gasteiger partial charge in [-0.05, 0) is 50.2 Å². The van der Waals surface area contributed by atoms with Crippen LogP contribution in [0.4, 0.5) is 0 Å². The van der Waals surface area contributed by atoms with E-state index in [1.807, 2.05) is 11.3 Å². The first-order valence-corrected chi connectivity index (χ1v) is 8.63. The van der Waals surface area contributed by atoms with Crippen molar-refractivity contribution in [2.75, 3.05) is 0 Å². The number of allylic oxidation sites excluding steroid dienone is 1. The third-order valence-electron chi connectivity index (χ3n) is 4.12. The molecule has 0 N–H and O–H groups in total. The van der Waals surface area contributed by atoms with Gasteiger partial charge in [0.25, 0.3) is 0 Å². The molecule has 0 amide bonds. The topological polar surface area (TPSA) is 17.1 Å². The van der Waals surface area contributed by atoms with Crippen molar-refractivity contribution in [1.29, 1.82) is 0 Å². The Morgan fingerprint density at radius 3 is 2.35 bits per heavy atom. The van der Waals surface area contributed by atoms with Crippen molar-refractivity contribution >= 4 is 23.7 Å². The van der Waals surface area contributed by atoms with E-state index in [0.29, 0.717) is 11.8 Å². The first-order valence-electron chi connectivity index (χ1n) is 7.81. The highest BCUT2D eigenvalue weighted by molar-refractivity contribution is 7.13. The fourth-order valence-electron chi connectivity index (χ4n) is 3.23. The molecule has 0 radical (unpaired) electrons. The van der Waals surface area contributed by atoms with Crippen LogP contribution in [0.25, 0.3) is 6.08 Å². The molecule has 0 unspecified atom stereocenters. The van der Waals surface area contributed by atoms with E-state index in [1.165, 1.54) is 53.0 Å². The van der Waals surface area contributed by atoms with Crippen LogP contribution in [0.15, 0.2) is 5.57 Å². The number of carbonyl (C=O) groups excluding carboxylic acids is 1. The van der Waals surface area contributed by atoms with E-state index in [2.05, 4.69) is 33.8 Å². The average Bonchev–Trinajstić information content (AvgIpc) is 2.77. The number of hydrogen-bond donors (Lipinski definition) is 0. The molecule has 0 saturated heterocycles. The predicted octanol–water partition coefficient (Wildman–Crippen LogP) is 6.15. The molecular formula is C18H26OS. The number of thiophene rings is 1. The van der Waals surface area contributed by atoms with Crippen LogP contribution in [0.1, 0.15) is 97.3 Å². The van der Waals surface area contributed by atoms with Crippen LogP contribution in [0.2, 0.25) is 0 Å². The first kappa shape index (κ1) is 15.5. The van der Waals surface area contributed by atoms with Crippen LogP contribution in [-0.4, -0.2) is 6.29 Å². The Morgan fingerprint density at radius 2 is 1.85 bits per heavy atom. The largest absolute Gasteiger partial charge is 0.298 e. The van der Waals surface area contributed by atoms with Crippen LogP contribution < -0.4 is 0 Å². The summed E-state index contributed by atoms with van der Waals surface area (Å²) in [4.78, 5) is 14.3. The Labute approximate surface area is 127 Å². The summed E-state index contributed by atoms with van der Waals surface area (Å²) in [6.07, 6.45) is 9.85. The number of rotatable bonds is 4. The molecule has 110 valence electrons. The second-order valence-corrected chi connectivity index (χ2v) is 7.57. The Balaban J connectivity index is 2.54.